The predicted molar refractivity (Wildman–Crippen MR) is 110 cm³/mol. The van der Waals surface area contributed by atoms with Gasteiger partial charge in [0.15, 0.2) is 0 Å². The lowest BCUT2D eigenvalue weighted by Crippen LogP contribution is -2.55. The first-order valence-corrected chi connectivity index (χ1v) is 10.5. The monoisotopic (exact) mass is 496 g/mol. The topological polar surface area (TPSA) is 51.2 Å². The van der Waals surface area contributed by atoms with Gasteiger partial charge in [-0.2, -0.15) is 0 Å². The van der Waals surface area contributed by atoms with Crippen molar-refractivity contribution in [3.05, 3.63) is 22.7 Å². The molecule has 2 rings (SSSR count). The molecule has 1 aromatic carbocycles. The molecule has 0 radical (unpaired) electrons. The molecule has 1 fully saturated rings. The summed E-state index contributed by atoms with van der Waals surface area (Å²) in [5.74, 6) is -0.0346. The molecule has 0 N–H and O–H groups in total. The first-order chi connectivity index (χ1) is 13.8. The minimum atomic E-state index is -4.75. The number of ether oxygens (including phenoxy) is 3. The fourth-order valence-electron chi connectivity index (χ4n) is 3.09. The number of benzene rings is 1. The fraction of sp³-hybridized carbons (Fsp3) is 0.650. The molecule has 1 heterocycles. The number of carbonyl (C=O) groups excluding carboxylic acids is 1. The summed E-state index contributed by atoms with van der Waals surface area (Å²) >= 11 is 3.27. The number of halogens is 4. The van der Waals surface area contributed by atoms with Gasteiger partial charge in [0.2, 0.25) is 0 Å². The third-order valence-corrected chi connectivity index (χ3v) is 5.01. The minimum Gasteiger partial charge on any atom is -0.492 e. The van der Waals surface area contributed by atoms with Crippen LogP contribution >= 0.6 is 15.9 Å². The summed E-state index contributed by atoms with van der Waals surface area (Å²) in [7, 11) is 0. The maximum Gasteiger partial charge on any atom is 0.573 e. The van der Waals surface area contributed by atoms with Crippen molar-refractivity contribution in [3.63, 3.8) is 0 Å². The lowest BCUT2D eigenvalue weighted by molar-refractivity contribution is -0.274. The molecule has 0 bridgehead atoms. The van der Waals surface area contributed by atoms with Gasteiger partial charge in [0.25, 0.3) is 0 Å². The van der Waals surface area contributed by atoms with Crippen LogP contribution in [0.25, 0.3) is 0 Å². The van der Waals surface area contributed by atoms with Gasteiger partial charge in [-0.3, -0.25) is 4.90 Å². The van der Waals surface area contributed by atoms with Crippen molar-refractivity contribution < 1.29 is 32.2 Å². The molecule has 170 valence electrons. The standard InChI is InChI=1S/C20H28BrF3N2O4/c1-14-13-25(9-10-26(14)18(27)30-19(2,3)4)8-5-11-28-17-12-15(6-7-16(17)21)29-20(22,23)24/h6-7,12,14H,5,8-11,13H2,1-4H3/t14-/m0/s1. The number of hydrogen-bond acceptors (Lipinski definition) is 5. The van der Waals surface area contributed by atoms with Crippen LogP contribution in [0.4, 0.5) is 18.0 Å². The Morgan fingerprint density at radius 1 is 1.23 bits per heavy atom. The normalized spacial score (nSPS) is 18.3. The van der Waals surface area contributed by atoms with Crippen molar-refractivity contribution in [2.24, 2.45) is 0 Å². The second-order valence-corrected chi connectivity index (χ2v) is 9.02. The summed E-state index contributed by atoms with van der Waals surface area (Å²) in [6.45, 7) is 10.6. The van der Waals surface area contributed by atoms with Crippen LogP contribution in [0.2, 0.25) is 0 Å². The van der Waals surface area contributed by atoms with Crippen molar-refractivity contribution in [2.75, 3.05) is 32.8 Å². The Balaban J connectivity index is 1.77. The molecule has 1 aliphatic heterocycles. The average Bonchev–Trinajstić information content (AvgIpc) is 2.58. The first kappa shape index (κ1) is 24.6. The second-order valence-electron chi connectivity index (χ2n) is 8.17. The number of amides is 1. The van der Waals surface area contributed by atoms with Crippen LogP contribution < -0.4 is 9.47 Å². The molecule has 30 heavy (non-hydrogen) atoms. The minimum absolute atomic E-state index is 0.0276. The SMILES string of the molecule is C[C@H]1CN(CCCOc2cc(OC(F)(F)F)ccc2Br)CCN1C(=O)OC(C)(C)C. The van der Waals surface area contributed by atoms with Gasteiger partial charge < -0.3 is 19.1 Å². The maximum atomic E-state index is 12.4. The van der Waals surface area contributed by atoms with Crippen LogP contribution in [-0.4, -0.2) is 66.7 Å². The Bertz CT molecular complexity index is 725. The second kappa shape index (κ2) is 10.1. The zero-order valence-corrected chi connectivity index (χ0v) is 19.2. The summed E-state index contributed by atoms with van der Waals surface area (Å²) in [4.78, 5) is 16.2. The number of alkyl halides is 3. The third-order valence-electron chi connectivity index (χ3n) is 4.35. The van der Waals surface area contributed by atoms with Crippen molar-refractivity contribution in [2.45, 2.75) is 52.1 Å². The van der Waals surface area contributed by atoms with Crippen molar-refractivity contribution in [1.29, 1.82) is 0 Å². The van der Waals surface area contributed by atoms with Crippen molar-refractivity contribution in [3.8, 4) is 11.5 Å². The zero-order valence-electron chi connectivity index (χ0n) is 17.6. The Labute approximate surface area is 183 Å². The Hall–Kier alpha value is -1.68. The number of piperazine rings is 1. The molecule has 0 spiro atoms. The van der Waals surface area contributed by atoms with Gasteiger partial charge in [-0.05, 0) is 62.2 Å². The molecule has 6 nitrogen and oxygen atoms in total. The van der Waals surface area contributed by atoms with Crippen LogP contribution in [-0.2, 0) is 4.74 Å². The van der Waals surface area contributed by atoms with Gasteiger partial charge in [0.1, 0.15) is 17.1 Å². The first-order valence-electron chi connectivity index (χ1n) is 9.74. The zero-order chi connectivity index (χ0) is 22.5. The van der Waals surface area contributed by atoms with Gasteiger partial charge in [0.05, 0.1) is 11.1 Å². The van der Waals surface area contributed by atoms with Crippen LogP contribution in [0.5, 0.6) is 11.5 Å². The number of rotatable bonds is 6. The largest absolute Gasteiger partial charge is 0.573 e. The molecule has 1 aromatic rings. The molecular weight excluding hydrogens is 469 g/mol. The summed E-state index contributed by atoms with van der Waals surface area (Å²) in [6, 6.07) is 3.91. The molecule has 1 amide bonds. The van der Waals surface area contributed by atoms with Gasteiger partial charge in [-0.1, -0.05) is 0 Å². The molecular formula is C20H28BrF3N2O4. The Morgan fingerprint density at radius 2 is 1.93 bits per heavy atom. The molecule has 0 aliphatic carbocycles. The molecule has 0 saturated carbocycles. The van der Waals surface area contributed by atoms with Crippen LogP contribution in [0.1, 0.15) is 34.1 Å². The van der Waals surface area contributed by atoms with Crippen molar-refractivity contribution in [1.82, 2.24) is 9.80 Å². The maximum absolute atomic E-state index is 12.4. The van der Waals surface area contributed by atoms with E-state index in [-0.39, 0.29) is 17.9 Å². The number of hydrogen-bond donors (Lipinski definition) is 0. The molecule has 0 unspecified atom stereocenters. The van der Waals surface area contributed by atoms with E-state index in [4.69, 9.17) is 9.47 Å². The smallest absolute Gasteiger partial charge is 0.492 e. The molecule has 0 aromatic heterocycles. The quantitative estimate of drug-likeness (QED) is 0.515. The number of nitrogens with zero attached hydrogens (tertiary/aromatic N) is 2. The van der Waals surface area contributed by atoms with Gasteiger partial charge in [-0.25, -0.2) is 4.79 Å². The molecule has 10 heteroatoms. The highest BCUT2D eigenvalue weighted by Gasteiger charge is 2.32. The molecule has 1 saturated heterocycles. The molecule has 1 aliphatic rings. The van der Waals surface area contributed by atoms with Crippen LogP contribution in [0, 0.1) is 0 Å². The highest BCUT2D eigenvalue weighted by atomic mass is 79.9. The van der Waals surface area contributed by atoms with Gasteiger partial charge in [-0.15, -0.1) is 13.2 Å². The fourth-order valence-corrected chi connectivity index (χ4v) is 3.45. The molecule has 1 atom stereocenters. The van der Waals surface area contributed by atoms with E-state index in [0.717, 1.165) is 19.6 Å². The van der Waals surface area contributed by atoms with E-state index in [1.165, 1.54) is 18.2 Å². The Kier molecular flexibility index (Phi) is 8.27. The lowest BCUT2D eigenvalue weighted by Gasteiger charge is -2.40. The Morgan fingerprint density at radius 3 is 2.53 bits per heavy atom. The average molecular weight is 497 g/mol. The summed E-state index contributed by atoms with van der Waals surface area (Å²) in [6.07, 6.45) is -4.36. The predicted octanol–water partition coefficient (Wildman–Crippen LogP) is 5.06. The van der Waals surface area contributed by atoms with Gasteiger partial charge >= 0.3 is 12.5 Å². The van der Waals surface area contributed by atoms with Crippen LogP contribution in [0.3, 0.4) is 0 Å². The lowest BCUT2D eigenvalue weighted by atomic mass is 10.2. The summed E-state index contributed by atoms with van der Waals surface area (Å²) in [5.41, 5.74) is -0.526. The van der Waals surface area contributed by atoms with E-state index >= 15 is 0 Å². The summed E-state index contributed by atoms with van der Waals surface area (Å²) in [5, 5.41) is 0. The van der Waals surface area contributed by atoms with E-state index in [2.05, 4.69) is 25.6 Å². The highest BCUT2D eigenvalue weighted by Crippen LogP contribution is 2.32. The highest BCUT2D eigenvalue weighted by molar-refractivity contribution is 9.10. The van der Waals surface area contributed by atoms with Gasteiger partial charge in [0, 0.05) is 38.3 Å². The third kappa shape index (κ3) is 8.22. The van der Waals surface area contributed by atoms with E-state index in [1.807, 2.05) is 27.7 Å². The van der Waals surface area contributed by atoms with E-state index in [9.17, 15) is 18.0 Å². The van der Waals surface area contributed by atoms with Crippen molar-refractivity contribution >= 4 is 22.0 Å². The number of carbonyl (C=O) groups is 1. The van der Waals surface area contributed by atoms with Crippen LogP contribution in [0.15, 0.2) is 22.7 Å². The van der Waals surface area contributed by atoms with E-state index in [1.54, 1.807) is 4.90 Å². The van der Waals surface area contributed by atoms with E-state index < -0.39 is 12.0 Å². The summed E-state index contributed by atoms with van der Waals surface area (Å²) < 4.78 is 52.6. The van der Waals surface area contributed by atoms with E-state index in [0.29, 0.717) is 29.8 Å².